The molecule has 0 fully saturated rings. The van der Waals surface area contributed by atoms with Gasteiger partial charge in [-0.05, 0) is 65.6 Å². The summed E-state index contributed by atoms with van der Waals surface area (Å²) in [5.74, 6) is 1.31. The number of rotatable bonds is 6. The van der Waals surface area contributed by atoms with Gasteiger partial charge in [-0.25, -0.2) is 4.98 Å². The molecule has 2 aromatic rings. The molecule has 2 rings (SSSR count). The van der Waals surface area contributed by atoms with E-state index in [0.717, 1.165) is 35.1 Å². The van der Waals surface area contributed by atoms with Gasteiger partial charge in [0.15, 0.2) is 0 Å². The van der Waals surface area contributed by atoms with E-state index in [1.54, 1.807) is 12.1 Å². The summed E-state index contributed by atoms with van der Waals surface area (Å²) < 4.78 is 6.65. The lowest BCUT2D eigenvalue weighted by molar-refractivity contribution is 0.455. The third-order valence-corrected chi connectivity index (χ3v) is 3.80. The van der Waals surface area contributed by atoms with Crippen molar-refractivity contribution in [1.29, 1.82) is 0 Å². The lowest BCUT2D eigenvalue weighted by Crippen LogP contribution is -2.14. The molecule has 5 heteroatoms. The molecule has 1 aromatic carbocycles. The van der Waals surface area contributed by atoms with Crippen LogP contribution in [-0.4, -0.2) is 11.5 Å². The number of nitrogens with zero attached hydrogens (tertiary/aromatic N) is 1. The summed E-state index contributed by atoms with van der Waals surface area (Å²) in [5.41, 5.74) is 2.16. The predicted molar refractivity (Wildman–Crippen MR) is 90.2 cm³/mol. The molecular formula is C16H18BrClN2O. The summed E-state index contributed by atoms with van der Waals surface area (Å²) in [6.45, 7) is 5.98. The van der Waals surface area contributed by atoms with E-state index in [1.807, 2.05) is 19.2 Å². The molecular weight excluding hydrogens is 352 g/mol. The van der Waals surface area contributed by atoms with E-state index in [1.165, 1.54) is 0 Å². The summed E-state index contributed by atoms with van der Waals surface area (Å²) in [4.78, 5) is 4.40. The molecule has 1 N–H and O–H groups in total. The molecule has 0 aliphatic rings. The van der Waals surface area contributed by atoms with Crippen molar-refractivity contribution in [2.75, 3.05) is 6.54 Å². The second kappa shape index (κ2) is 7.78. The molecule has 0 radical (unpaired) electrons. The molecule has 0 aliphatic carbocycles. The molecule has 112 valence electrons. The number of pyridine rings is 1. The van der Waals surface area contributed by atoms with Crippen LogP contribution in [0.25, 0.3) is 0 Å². The Bertz CT molecular complexity index is 619. The van der Waals surface area contributed by atoms with Crippen LogP contribution in [0, 0.1) is 6.92 Å². The van der Waals surface area contributed by atoms with Crippen LogP contribution in [0.5, 0.6) is 11.6 Å². The smallest absolute Gasteiger partial charge is 0.222 e. The van der Waals surface area contributed by atoms with Gasteiger partial charge in [0.2, 0.25) is 5.88 Å². The number of hydrogen-bond acceptors (Lipinski definition) is 3. The van der Waals surface area contributed by atoms with Crippen LogP contribution in [0.3, 0.4) is 0 Å². The number of aromatic nitrogens is 1. The van der Waals surface area contributed by atoms with Gasteiger partial charge in [-0.2, -0.15) is 0 Å². The highest BCUT2D eigenvalue weighted by atomic mass is 79.9. The van der Waals surface area contributed by atoms with Gasteiger partial charge in [0.25, 0.3) is 0 Å². The normalized spacial score (nSPS) is 10.7. The van der Waals surface area contributed by atoms with Crippen molar-refractivity contribution in [2.24, 2.45) is 0 Å². The molecule has 0 aliphatic heterocycles. The lowest BCUT2D eigenvalue weighted by Gasteiger charge is -2.11. The van der Waals surface area contributed by atoms with Crippen LogP contribution < -0.4 is 10.1 Å². The minimum absolute atomic E-state index is 0.609. The maximum absolute atomic E-state index is 5.92. The Morgan fingerprint density at radius 3 is 2.81 bits per heavy atom. The average molecular weight is 370 g/mol. The monoisotopic (exact) mass is 368 g/mol. The second-order valence-corrected chi connectivity index (χ2v) is 6.11. The van der Waals surface area contributed by atoms with Crippen molar-refractivity contribution >= 4 is 27.5 Å². The van der Waals surface area contributed by atoms with Crippen LogP contribution in [-0.2, 0) is 6.54 Å². The van der Waals surface area contributed by atoms with Crippen molar-refractivity contribution in [3.8, 4) is 11.6 Å². The molecule has 0 amide bonds. The van der Waals surface area contributed by atoms with Crippen LogP contribution in [0.15, 0.2) is 34.9 Å². The van der Waals surface area contributed by atoms with Gasteiger partial charge in [0.1, 0.15) is 5.75 Å². The Balaban J connectivity index is 2.10. The van der Waals surface area contributed by atoms with Crippen LogP contribution >= 0.6 is 27.5 Å². The van der Waals surface area contributed by atoms with Gasteiger partial charge in [-0.1, -0.05) is 18.5 Å². The third kappa shape index (κ3) is 4.70. The fraction of sp³-hybridized carbons (Fsp3) is 0.312. The van der Waals surface area contributed by atoms with Crippen molar-refractivity contribution in [3.63, 3.8) is 0 Å². The van der Waals surface area contributed by atoms with Gasteiger partial charge in [0, 0.05) is 23.3 Å². The van der Waals surface area contributed by atoms with Gasteiger partial charge in [-0.3, -0.25) is 0 Å². The zero-order valence-electron chi connectivity index (χ0n) is 12.1. The summed E-state index contributed by atoms with van der Waals surface area (Å²) in [6, 6.07) is 7.51. The van der Waals surface area contributed by atoms with Crippen molar-refractivity contribution in [3.05, 3.63) is 51.1 Å². The first kappa shape index (κ1) is 16.3. The second-order valence-electron chi connectivity index (χ2n) is 4.82. The molecule has 0 unspecified atom stereocenters. The van der Waals surface area contributed by atoms with Crippen LogP contribution in [0.1, 0.15) is 24.5 Å². The molecule has 0 bridgehead atoms. The highest BCUT2D eigenvalue weighted by Crippen LogP contribution is 2.32. The van der Waals surface area contributed by atoms with Crippen molar-refractivity contribution in [2.45, 2.75) is 26.8 Å². The highest BCUT2D eigenvalue weighted by molar-refractivity contribution is 9.10. The zero-order valence-corrected chi connectivity index (χ0v) is 14.5. The Kier molecular flexibility index (Phi) is 6.03. The average Bonchev–Trinajstić information content (AvgIpc) is 2.44. The first-order valence-corrected chi connectivity index (χ1v) is 8.06. The molecule has 3 nitrogen and oxygen atoms in total. The minimum Gasteiger partial charge on any atom is -0.438 e. The number of hydrogen-bond donors (Lipinski definition) is 1. The summed E-state index contributed by atoms with van der Waals surface area (Å²) in [7, 11) is 0. The topological polar surface area (TPSA) is 34.2 Å². The van der Waals surface area contributed by atoms with E-state index in [4.69, 9.17) is 16.3 Å². The van der Waals surface area contributed by atoms with E-state index in [-0.39, 0.29) is 0 Å². The first-order chi connectivity index (χ1) is 10.1. The Hall–Kier alpha value is -1.10. The van der Waals surface area contributed by atoms with E-state index >= 15 is 0 Å². The van der Waals surface area contributed by atoms with Gasteiger partial charge in [-0.15, -0.1) is 0 Å². The molecule has 0 saturated carbocycles. The number of halogens is 2. The molecule has 1 heterocycles. The summed E-state index contributed by atoms with van der Waals surface area (Å²) >= 11 is 9.36. The quantitative estimate of drug-likeness (QED) is 0.719. The fourth-order valence-corrected chi connectivity index (χ4v) is 2.66. The molecule has 0 spiro atoms. The maximum atomic E-state index is 5.92. The molecule has 0 atom stereocenters. The van der Waals surface area contributed by atoms with Crippen LogP contribution in [0.4, 0.5) is 0 Å². The minimum atomic E-state index is 0.609. The number of ether oxygens (including phenoxy) is 1. The summed E-state index contributed by atoms with van der Waals surface area (Å²) in [6.07, 6.45) is 2.97. The standard InChI is InChI=1S/C16H18BrClN2O/c1-3-6-19-9-12-7-11(2)16(20-10-12)21-15-5-4-13(18)8-14(15)17/h4-5,7-8,10,19H,3,6,9H2,1-2H3. The van der Waals surface area contributed by atoms with Gasteiger partial charge < -0.3 is 10.1 Å². The van der Waals surface area contributed by atoms with Crippen LogP contribution in [0.2, 0.25) is 5.02 Å². The third-order valence-electron chi connectivity index (χ3n) is 2.94. The Morgan fingerprint density at radius 2 is 2.14 bits per heavy atom. The first-order valence-electron chi connectivity index (χ1n) is 6.89. The Labute approximate surface area is 138 Å². The van der Waals surface area contributed by atoms with E-state index in [0.29, 0.717) is 16.7 Å². The summed E-state index contributed by atoms with van der Waals surface area (Å²) in [5, 5.41) is 4.02. The van der Waals surface area contributed by atoms with E-state index in [2.05, 4.69) is 39.2 Å². The largest absolute Gasteiger partial charge is 0.438 e. The van der Waals surface area contributed by atoms with Crippen molar-refractivity contribution < 1.29 is 4.74 Å². The molecule has 1 aromatic heterocycles. The maximum Gasteiger partial charge on any atom is 0.222 e. The Morgan fingerprint density at radius 1 is 1.33 bits per heavy atom. The SMILES string of the molecule is CCCNCc1cnc(Oc2ccc(Cl)cc2Br)c(C)c1. The van der Waals surface area contributed by atoms with Gasteiger partial charge >= 0.3 is 0 Å². The number of benzene rings is 1. The lowest BCUT2D eigenvalue weighted by atomic mass is 10.2. The zero-order chi connectivity index (χ0) is 15.2. The van der Waals surface area contributed by atoms with E-state index in [9.17, 15) is 0 Å². The number of nitrogens with one attached hydrogen (secondary N) is 1. The van der Waals surface area contributed by atoms with E-state index < -0.39 is 0 Å². The van der Waals surface area contributed by atoms with Gasteiger partial charge in [0.05, 0.1) is 4.47 Å². The number of aryl methyl sites for hydroxylation is 1. The van der Waals surface area contributed by atoms with Crippen molar-refractivity contribution in [1.82, 2.24) is 10.3 Å². The highest BCUT2D eigenvalue weighted by Gasteiger charge is 2.08. The predicted octanol–water partition coefficient (Wildman–Crippen LogP) is 5.10. The molecule has 21 heavy (non-hydrogen) atoms. The molecule has 0 saturated heterocycles. The fourth-order valence-electron chi connectivity index (χ4n) is 1.90.